The highest BCUT2D eigenvalue weighted by atomic mass is 32.2. The Kier molecular flexibility index (Phi) is 3.79. The van der Waals surface area contributed by atoms with Crippen LogP contribution in [0.25, 0.3) is 0 Å². The van der Waals surface area contributed by atoms with Crippen molar-refractivity contribution in [3.63, 3.8) is 0 Å². The molecule has 1 heterocycles. The number of hydrogen-bond donors (Lipinski definition) is 1. The second-order valence-corrected chi connectivity index (χ2v) is 5.93. The second-order valence-electron chi connectivity index (χ2n) is 4.79. The molecule has 3 rings (SSSR count). The van der Waals surface area contributed by atoms with E-state index in [-0.39, 0.29) is 17.4 Å². The molecule has 1 aliphatic heterocycles. The van der Waals surface area contributed by atoms with Gasteiger partial charge in [0.15, 0.2) is 0 Å². The van der Waals surface area contributed by atoms with Crippen LogP contribution >= 0.6 is 11.8 Å². The highest BCUT2D eigenvalue weighted by Crippen LogP contribution is 2.39. The van der Waals surface area contributed by atoms with Crippen LogP contribution in [0.2, 0.25) is 0 Å². The zero-order valence-electron chi connectivity index (χ0n) is 11.1. The molecule has 1 unspecified atom stereocenters. The van der Waals surface area contributed by atoms with Crippen molar-refractivity contribution < 1.29 is 9.31 Å². The average Bonchev–Trinajstić information content (AvgIpc) is 2.47. The molecule has 0 spiro atoms. The Bertz CT molecular complexity index is 693. The van der Waals surface area contributed by atoms with Gasteiger partial charge in [-0.05, 0) is 24.1 Å². The molecule has 0 bridgehead atoms. The molecule has 0 amide bonds. The Morgan fingerprint density at radius 3 is 2.90 bits per heavy atom. The molecular formula is C15H13FN2O2S. The van der Waals surface area contributed by atoms with Crippen LogP contribution in [-0.2, 0) is 0 Å². The molecule has 0 aromatic heterocycles. The van der Waals surface area contributed by atoms with Gasteiger partial charge < -0.3 is 5.32 Å². The first kappa shape index (κ1) is 13.9. The fourth-order valence-electron chi connectivity index (χ4n) is 2.46. The molecule has 1 aliphatic rings. The van der Waals surface area contributed by atoms with E-state index in [9.17, 15) is 14.5 Å². The van der Waals surface area contributed by atoms with E-state index >= 15 is 0 Å². The molecule has 0 aliphatic carbocycles. The number of anilines is 1. The summed E-state index contributed by atoms with van der Waals surface area (Å²) in [4.78, 5) is 11.7. The van der Waals surface area contributed by atoms with Gasteiger partial charge in [0.2, 0.25) is 0 Å². The number of benzene rings is 2. The number of nitrogens with zero attached hydrogens (tertiary/aromatic N) is 1. The first-order valence-electron chi connectivity index (χ1n) is 6.57. The molecule has 2 aromatic carbocycles. The Hall–Kier alpha value is -2.08. The number of nitro groups is 1. The van der Waals surface area contributed by atoms with Crippen molar-refractivity contribution in [1.29, 1.82) is 0 Å². The second kappa shape index (κ2) is 5.73. The van der Waals surface area contributed by atoms with Crippen molar-refractivity contribution in [1.82, 2.24) is 0 Å². The van der Waals surface area contributed by atoms with E-state index in [2.05, 4.69) is 5.32 Å². The van der Waals surface area contributed by atoms with Crippen molar-refractivity contribution in [2.75, 3.05) is 11.1 Å². The molecule has 0 fully saturated rings. The average molecular weight is 304 g/mol. The minimum absolute atomic E-state index is 0.0389. The van der Waals surface area contributed by atoms with Gasteiger partial charge in [-0.3, -0.25) is 10.1 Å². The molecule has 21 heavy (non-hydrogen) atoms. The van der Waals surface area contributed by atoms with Crippen molar-refractivity contribution >= 4 is 23.1 Å². The largest absolute Gasteiger partial charge is 0.373 e. The molecule has 1 atom stereocenters. The van der Waals surface area contributed by atoms with Crippen LogP contribution in [-0.4, -0.2) is 10.7 Å². The lowest BCUT2D eigenvalue weighted by molar-refractivity contribution is -0.384. The van der Waals surface area contributed by atoms with Gasteiger partial charge >= 0.3 is 0 Å². The van der Waals surface area contributed by atoms with E-state index in [1.807, 2.05) is 24.3 Å². The van der Waals surface area contributed by atoms with Crippen LogP contribution < -0.4 is 5.32 Å². The van der Waals surface area contributed by atoms with Crippen LogP contribution in [0.4, 0.5) is 15.8 Å². The number of thioether (sulfide) groups is 1. The van der Waals surface area contributed by atoms with Crippen LogP contribution in [0.3, 0.4) is 0 Å². The standard InChI is InChI=1S/C15H13FN2O2S/c16-10-5-6-14(18(19)20)13(9-10)17-12-7-8-21-15-4-2-1-3-11(12)15/h1-6,9,12,17H,7-8H2. The molecule has 0 saturated heterocycles. The van der Waals surface area contributed by atoms with E-state index in [0.717, 1.165) is 23.8 Å². The Morgan fingerprint density at radius 2 is 2.10 bits per heavy atom. The maximum Gasteiger partial charge on any atom is 0.292 e. The summed E-state index contributed by atoms with van der Waals surface area (Å²) in [6.07, 6.45) is 0.843. The van der Waals surface area contributed by atoms with E-state index < -0.39 is 10.7 Å². The zero-order chi connectivity index (χ0) is 14.8. The van der Waals surface area contributed by atoms with E-state index in [1.54, 1.807) is 11.8 Å². The summed E-state index contributed by atoms with van der Waals surface area (Å²) in [7, 11) is 0. The zero-order valence-corrected chi connectivity index (χ0v) is 11.9. The van der Waals surface area contributed by atoms with Crippen LogP contribution in [0, 0.1) is 15.9 Å². The predicted octanol–water partition coefficient (Wildman–Crippen LogP) is 4.38. The summed E-state index contributed by atoms with van der Waals surface area (Å²) in [5.41, 5.74) is 1.23. The Labute approximate surface area is 125 Å². The lowest BCUT2D eigenvalue weighted by Crippen LogP contribution is -2.16. The van der Waals surface area contributed by atoms with Crippen molar-refractivity contribution in [2.45, 2.75) is 17.4 Å². The van der Waals surface area contributed by atoms with Gasteiger partial charge in [0, 0.05) is 22.8 Å². The summed E-state index contributed by atoms with van der Waals surface area (Å²) in [5, 5.41) is 14.2. The third-order valence-electron chi connectivity index (χ3n) is 3.44. The summed E-state index contributed by atoms with van der Waals surface area (Å²) in [5.74, 6) is 0.444. The van der Waals surface area contributed by atoms with Crippen LogP contribution in [0.5, 0.6) is 0 Å². The molecule has 6 heteroatoms. The molecule has 2 aromatic rings. The van der Waals surface area contributed by atoms with Crippen LogP contribution in [0.15, 0.2) is 47.4 Å². The van der Waals surface area contributed by atoms with Gasteiger partial charge in [0.25, 0.3) is 5.69 Å². The third kappa shape index (κ3) is 2.85. The fourth-order valence-corrected chi connectivity index (χ4v) is 3.59. The maximum absolute atomic E-state index is 13.4. The lowest BCUT2D eigenvalue weighted by Gasteiger charge is -2.26. The minimum Gasteiger partial charge on any atom is -0.373 e. The van der Waals surface area contributed by atoms with Crippen molar-refractivity contribution in [2.24, 2.45) is 0 Å². The molecule has 108 valence electrons. The first-order valence-corrected chi connectivity index (χ1v) is 7.56. The lowest BCUT2D eigenvalue weighted by atomic mass is 10.0. The Morgan fingerprint density at radius 1 is 1.29 bits per heavy atom. The molecule has 4 nitrogen and oxygen atoms in total. The third-order valence-corrected chi connectivity index (χ3v) is 4.57. The molecule has 0 radical (unpaired) electrons. The predicted molar refractivity (Wildman–Crippen MR) is 81.2 cm³/mol. The topological polar surface area (TPSA) is 55.2 Å². The molecule has 1 N–H and O–H groups in total. The van der Waals surface area contributed by atoms with Gasteiger partial charge in [-0.15, -0.1) is 11.8 Å². The quantitative estimate of drug-likeness (QED) is 0.675. The number of nitrogens with one attached hydrogen (secondary N) is 1. The van der Waals surface area contributed by atoms with Gasteiger partial charge in [-0.1, -0.05) is 18.2 Å². The van der Waals surface area contributed by atoms with E-state index in [1.165, 1.54) is 17.0 Å². The summed E-state index contributed by atoms with van der Waals surface area (Å²) in [6, 6.07) is 11.4. The maximum atomic E-state index is 13.4. The fraction of sp³-hybridized carbons (Fsp3) is 0.200. The highest BCUT2D eigenvalue weighted by Gasteiger charge is 2.23. The van der Waals surface area contributed by atoms with Gasteiger partial charge in [0.1, 0.15) is 11.5 Å². The smallest absolute Gasteiger partial charge is 0.292 e. The highest BCUT2D eigenvalue weighted by molar-refractivity contribution is 7.99. The number of halogens is 1. The SMILES string of the molecule is O=[N+]([O-])c1ccc(F)cc1NC1CCSc2ccccc21. The van der Waals surface area contributed by atoms with Crippen LogP contribution in [0.1, 0.15) is 18.0 Å². The number of fused-ring (bicyclic) bond motifs is 1. The summed E-state index contributed by atoms with van der Waals surface area (Å²) in [6.45, 7) is 0. The number of nitro benzene ring substituents is 1. The van der Waals surface area contributed by atoms with Crippen molar-refractivity contribution in [3.8, 4) is 0 Å². The van der Waals surface area contributed by atoms with Crippen molar-refractivity contribution in [3.05, 3.63) is 64.0 Å². The summed E-state index contributed by atoms with van der Waals surface area (Å²) < 4.78 is 13.4. The van der Waals surface area contributed by atoms with Gasteiger partial charge in [-0.25, -0.2) is 4.39 Å². The minimum atomic E-state index is -0.495. The van der Waals surface area contributed by atoms with E-state index in [4.69, 9.17) is 0 Å². The normalized spacial score (nSPS) is 17.1. The molecular weight excluding hydrogens is 291 g/mol. The van der Waals surface area contributed by atoms with E-state index in [0.29, 0.717) is 0 Å². The Balaban J connectivity index is 1.95. The summed E-state index contributed by atoms with van der Waals surface area (Å²) >= 11 is 1.77. The molecule has 0 saturated carbocycles. The van der Waals surface area contributed by atoms with Gasteiger partial charge in [-0.2, -0.15) is 0 Å². The first-order chi connectivity index (χ1) is 10.1. The number of rotatable bonds is 3. The monoisotopic (exact) mass is 304 g/mol. The van der Waals surface area contributed by atoms with Gasteiger partial charge in [0.05, 0.1) is 11.0 Å². The number of hydrogen-bond acceptors (Lipinski definition) is 4.